The number of hydrogen-bond donors (Lipinski definition) is 4. The number of phenolic OH excluding ortho intramolecular Hbond substituents is 2. The van der Waals surface area contributed by atoms with Gasteiger partial charge in [-0.05, 0) is 66.6 Å². The van der Waals surface area contributed by atoms with Crippen LogP contribution in [0, 0.1) is 5.92 Å². The Hall–Kier alpha value is -2.69. The number of hydrogen-bond acceptors (Lipinski definition) is 4. The van der Waals surface area contributed by atoms with Gasteiger partial charge in [-0.2, -0.15) is 0 Å². The van der Waals surface area contributed by atoms with E-state index in [0.717, 1.165) is 36.2 Å². The smallest absolute Gasteiger partial charge is 0.235 e. The lowest BCUT2D eigenvalue weighted by Crippen LogP contribution is -2.27. The van der Waals surface area contributed by atoms with Crippen molar-refractivity contribution in [1.82, 2.24) is 0 Å². The van der Waals surface area contributed by atoms with Crippen LogP contribution >= 0.6 is 0 Å². The second-order valence-electron chi connectivity index (χ2n) is 7.81. The zero-order valence-corrected chi connectivity index (χ0v) is 15.0. The molecule has 1 heterocycles. The topological polar surface area (TPSA) is 81.6 Å². The first-order valence-electron chi connectivity index (χ1n) is 9.12. The zero-order valence-electron chi connectivity index (χ0n) is 15.0. The number of aromatic hydroxyl groups is 2. The summed E-state index contributed by atoms with van der Waals surface area (Å²) >= 11 is 0. The van der Waals surface area contributed by atoms with Gasteiger partial charge in [0.25, 0.3) is 0 Å². The van der Waals surface area contributed by atoms with Crippen molar-refractivity contribution in [3.8, 4) is 11.5 Å². The van der Waals surface area contributed by atoms with E-state index >= 15 is 0 Å². The fraction of sp³-hybridized carbons (Fsp3) is 0.381. The molecule has 2 aliphatic rings. The van der Waals surface area contributed by atoms with Gasteiger partial charge in [0.05, 0.1) is 5.41 Å². The number of carbonyl (C=O) groups excluding carboxylic acids is 1. The predicted octanol–water partition coefficient (Wildman–Crippen LogP) is 3.76. The Morgan fingerprint density at radius 3 is 2.58 bits per heavy atom. The van der Waals surface area contributed by atoms with E-state index < -0.39 is 5.41 Å². The van der Waals surface area contributed by atoms with Crippen LogP contribution in [0.5, 0.6) is 11.5 Å². The quantitative estimate of drug-likeness (QED) is 0.632. The predicted molar refractivity (Wildman–Crippen MR) is 102 cm³/mol. The van der Waals surface area contributed by atoms with Crippen molar-refractivity contribution in [2.75, 3.05) is 10.6 Å². The largest absolute Gasteiger partial charge is 0.504 e. The van der Waals surface area contributed by atoms with Crippen LogP contribution in [0.25, 0.3) is 0 Å². The number of anilines is 2. The van der Waals surface area contributed by atoms with Gasteiger partial charge in [-0.25, -0.2) is 0 Å². The summed E-state index contributed by atoms with van der Waals surface area (Å²) in [5.41, 5.74) is 3.31. The van der Waals surface area contributed by atoms with Gasteiger partial charge in [0, 0.05) is 17.4 Å². The molecule has 1 saturated carbocycles. The number of nitrogens with one attached hydrogen (secondary N) is 2. The second-order valence-corrected chi connectivity index (χ2v) is 7.81. The van der Waals surface area contributed by atoms with E-state index in [9.17, 15) is 15.0 Å². The number of carbonyl (C=O) groups is 1. The molecule has 136 valence electrons. The summed E-state index contributed by atoms with van der Waals surface area (Å²) in [7, 11) is 0. The number of benzene rings is 2. The molecular weight excluding hydrogens is 328 g/mol. The maximum atomic E-state index is 12.9. The van der Waals surface area contributed by atoms with Gasteiger partial charge in [0.15, 0.2) is 11.5 Å². The van der Waals surface area contributed by atoms with Crippen LogP contribution in [0.2, 0.25) is 0 Å². The van der Waals surface area contributed by atoms with Crippen LogP contribution in [0.15, 0.2) is 36.4 Å². The van der Waals surface area contributed by atoms with Crippen LogP contribution in [-0.4, -0.2) is 22.2 Å². The summed E-state index contributed by atoms with van der Waals surface area (Å²) < 4.78 is 0. The third-order valence-corrected chi connectivity index (χ3v) is 5.66. The molecule has 1 fully saturated rings. The Balaban J connectivity index is 1.52. The van der Waals surface area contributed by atoms with E-state index in [1.54, 1.807) is 6.07 Å². The molecule has 1 amide bonds. The Kier molecular flexibility index (Phi) is 3.83. The molecule has 0 aromatic heterocycles. The molecule has 5 heteroatoms. The fourth-order valence-corrected chi connectivity index (χ4v) is 3.71. The molecule has 26 heavy (non-hydrogen) atoms. The lowest BCUT2D eigenvalue weighted by atomic mass is 9.94. The molecule has 0 spiro atoms. The minimum atomic E-state index is -0.608. The van der Waals surface area contributed by atoms with Crippen molar-refractivity contribution >= 4 is 17.3 Å². The summed E-state index contributed by atoms with van der Waals surface area (Å²) in [4.78, 5) is 12.9. The third-order valence-electron chi connectivity index (χ3n) is 5.66. The number of amides is 1. The molecule has 2 aromatic rings. The highest BCUT2D eigenvalue weighted by Gasteiger charge is 2.51. The molecule has 1 unspecified atom stereocenters. The van der Waals surface area contributed by atoms with Crippen LogP contribution in [0.3, 0.4) is 0 Å². The summed E-state index contributed by atoms with van der Waals surface area (Å²) in [6, 6.07) is 11.1. The monoisotopic (exact) mass is 352 g/mol. The fourth-order valence-electron chi connectivity index (χ4n) is 3.71. The first kappa shape index (κ1) is 16.8. The molecular formula is C21H24N2O3. The molecule has 5 nitrogen and oxygen atoms in total. The van der Waals surface area contributed by atoms with Crippen molar-refractivity contribution in [3.05, 3.63) is 47.5 Å². The highest BCUT2D eigenvalue weighted by Crippen LogP contribution is 2.50. The van der Waals surface area contributed by atoms with Crippen molar-refractivity contribution in [2.45, 2.75) is 44.6 Å². The van der Waals surface area contributed by atoms with Crippen LogP contribution < -0.4 is 10.6 Å². The minimum Gasteiger partial charge on any atom is -0.504 e. The molecule has 1 atom stereocenters. The van der Waals surface area contributed by atoms with Gasteiger partial charge in [-0.15, -0.1) is 0 Å². The van der Waals surface area contributed by atoms with Crippen molar-refractivity contribution in [2.24, 2.45) is 5.92 Å². The van der Waals surface area contributed by atoms with Crippen LogP contribution in [0.4, 0.5) is 11.4 Å². The maximum absolute atomic E-state index is 12.9. The SMILES string of the molecule is CC(C)C1Cc2cc(NC(=O)C3(c4ccc(O)c(O)c4)CC3)ccc2N1. The van der Waals surface area contributed by atoms with Crippen LogP contribution in [0.1, 0.15) is 37.8 Å². The number of fused-ring (bicyclic) bond motifs is 1. The Morgan fingerprint density at radius 1 is 1.15 bits per heavy atom. The van der Waals surface area contributed by atoms with Gasteiger partial charge >= 0.3 is 0 Å². The highest BCUT2D eigenvalue weighted by atomic mass is 16.3. The molecule has 0 saturated heterocycles. The number of rotatable bonds is 4. The van der Waals surface area contributed by atoms with Gasteiger partial charge in [-0.1, -0.05) is 19.9 Å². The second kappa shape index (κ2) is 5.94. The highest BCUT2D eigenvalue weighted by molar-refractivity contribution is 6.01. The molecule has 4 N–H and O–H groups in total. The summed E-state index contributed by atoms with van der Waals surface area (Å²) in [6.45, 7) is 4.41. The zero-order chi connectivity index (χ0) is 18.5. The van der Waals surface area contributed by atoms with E-state index in [4.69, 9.17) is 0 Å². The molecule has 1 aliphatic heterocycles. The molecule has 0 bridgehead atoms. The first-order valence-corrected chi connectivity index (χ1v) is 9.12. The van der Waals surface area contributed by atoms with Gasteiger partial charge < -0.3 is 20.8 Å². The van der Waals surface area contributed by atoms with Gasteiger partial charge in [-0.3, -0.25) is 4.79 Å². The first-order chi connectivity index (χ1) is 12.4. The Bertz CT molecular complexity index is 872. The average molecular weight is 352 g/mol. The van der Waals surface area contributed by atoms with Crippen molar-refractivity contribution in [3.63, 3.8) is 0 Å². The molecule has 1 aliphatic carbocycles. The third kappa shape index (κ3) is 2.77. The Morgan fingerprint density at radius 2 is 1.92 bits per heavy atom. The van der Waals surface area contributed by atoms with E-state index in [1.807, 2.05) is 18.2 Å². The lowest BCUT2D eigenvalue weighted by Gasteiger charge is -2.17. The standard InChI is InChI=1S/C21H24N2O3/c1-12(2)17-10-13-9-15(4-5-16(13)23-17)22-20(26)21(7-8-21)14-3-6-18(24)19(25)11-14/h3-6,9,11-12,17,23-25H,7-8,10H2,1-2H3,(H,22,26). The van der Waals surface area contributed by atoms with Gasteiger partial charge in [0.2, 0.25) is 5.91 Å². The van der Waals surface area contributed by atoms with Crippen molar-refractivity contribution < 1.29 is 15.0 Å². The average Bonchev–Trinajstić information content (AvgIpc) is 3.30. The van der Waals surface area contributed by atoms with Gasteiger partial charge in [0.1, 0.15) is 0 Å². The Labute approximate surface area is 153 Å². The molecule has 4 rings (SSSR count). The minimum absolute atomic E-state index is 0.0612. The lowest BCUT2D eigenvalue weighted by molar-refractivity contribution is -0.118. The maximum Gasteiger partial charge on any atom is 0.235 e. The number of phenols is 2. The molecule has 0 radical (unpaired) electrons. The molecule has 2 aromatic carbocycles. The van der Waals surface area contributed by atoms with E-state index in [1.165, 1.54) is 17.7 Å². The van der Waals surface area contributed by atoms with E-state index in [2.05, 4.69) is 24.5 Å². The normalized spacial score (nSPS) is 19.7. The summed E-state index contributed by atoms with van der Waals surface area (Å²) in [5.74, 6) is 0.131. The van der Waals surface area contributed by atoms with Crippen molar-refractivity contribution in [1.29, 1.82) is 0 Å². The van der Waals surface area contributed by atoms with E-state index in [0.29, 0.717) is 12.0 Å². The van der Waals surface area contributed by atoms with Crippen LogP contribution in [-0.2, 0) is 16.6 Å². The van der Waals surface area contributed by atoms with E-state index in [-0.39, 0.29) is 17.4 Å². The summed E-state index contributed by atoms with van der Waals surface area (Å²) in [6.07, 6.45) is 2.45. The summed E-state index contributed by atoms with van der Waals surface area (Å²) in [5, 5.41) is 25.8.